The summed E-state index contributed by atoms with van der Waals surface area (Å²) in [6, 6.07) is 5.78. The van der Waals surface area contributed by atoms with E-state index in [0.717, 1.165) is 51.9 Å². The van der Waals surface area contributed by atoms with Gasteiger partial charge in [0.25, 0.3) is 5.91 Å². The van der Waals surface area contributed by atoms with Gasteiger partial charge in [-0.15, -0.1) is 11.3 Å². The summed E-state index contributed by atoms with van der Waals surface area (Å²) in [6.07, 6.45) is 4.63. The molecule has 3 aromatic rings. The molecule has 27 heavy (non-hydrogen) atoms. The SMILES string of the molecule is Cc1ccc(Cc2cc(C(=O)N[C@@H]3CCC[C@H]3O)nc3c(C)csc23)cn1. The summed E-state index contributed by atoms with van der Waals surface area (Å²) in [5.74, 6) is -0.211. The molecule has 140 valence electrons. The molecule has 6 heteroatoms. The lowest BCUT2D eigenvalue weighted by molar-refractivity contribution is 0.0868. The zero-order chi connectivity index (χ0) is 19.0. The predicted octanol–water partition coefficient (Wildman–Crippen LogP) is 3.54. The largest absolute Gasteiger partial charge is 0.391 e. The van der Waals surface area contributed by atoms with Crippen LogP contribution in [0.15, 0.2) is 29.8 Å². The van der Waals surface area contributed by atoms with E-state index in [-0.39, 0.29) is 11.9 Å². The van der Waals surface area contributed by atoms with Gasteiger partial charge in [-0.05, 0) is 67.3 Å². The molecule has 1 aliphatic carbocycles. The van der Waals surface area contributed by atoms with E-state index in [1.165, 1.54) is 0 Å². The lowest BCUT2D eigenvalue weighted by atomic mass is 10.0. The molecule has 1 fully saturated rings. The van der Waals surface area contributed by atoms with E-state index in [2.05, 4.69) is 26.7 Å². The predicted molar refractivity (Wildman–Crippen MR) is 107 cm³/mol. The van der Waals surface area contributed by atoms with E-state index >= 15 is 0 Å². The van der Waals surface area contributed by atoms with Gasteiger partial charge in [0.1, 0.15) is 5.69 Å². The molecule has 0 saturated heterocycles. The average molecular weight is 382 g/mol. The van der Waals surface area contributed by atoms with Crippen molar-refractivity contribution >= 4 is 27.5 Å². The van der Waals surface area contributed by atoms with E-state index in [1.54, 1.807) is 11.3 Å². The molecule has 0 aromatic carbocycles. The van der Waals surface area contributed by atoms with Gasteiger partial charge >= 0.3 is 0 Å². The van der Waals surface area contributed by atoms with Crippen LogP contribution in [-0.2, 0) is 6.42 Å². The van der Waals surface area contributed by atoms with E-state index < -0.39 is 6.10 Å². The summed E-state index contributed by atoms with van der Waals surface area (Å²) in [7, 11) is 0. The number of aromatic nitrogens is 2. The van der Waals surface area contributed by atoms with E-state index in [4.69, 9.17) is 0 Å². The van der Waals surface area contributed by atoms with Crippen molar-refractivity contribution in [1.82, 2.24) is 15.3 Å². The number of pyridine rings is 2. The number of aliphatic hydroxyl groups is 1. The van der Waals surface area contributed by atoms with Crippen molar-refractivity contribution < 1.29 is 9.90 Å². The van der Waals surface area contributed by atoms with Crippen molar-refractivity contribution in [3.8, 4) is 0 Å². The van der Waals surface area contributed by atoms with Gasteiger partial charge in [0.15, 0.2) is 0 Å². The first-order valence-corrected chi connectivity index (χ1v) is 10.2. The lowest BCUT2D eigenvalue weighted by Crippen LogP contribution is -2.40. The Bertz CT molecular complexity index is 981. The highest BCUT2D eigenvalue weighted by Gasteiger charge is 2.27. The molecule has 1 amide bonds. The maximum Gasteiger partial charge on any atom is 0.270 e. The number of carbonyl (C=O) groups excluding carboxylic acids is 1. The number of aliphatic hydroxyl groups excluding tert-OH is 1. The average Bonchev–Trinajstić information content (AvgIpc) is 3.23. The third kappa shape index (κ3) is 3.73. The minimum atomic E-state index is -0.460. The van der Waals surface area contributed by atoms with Crippen molar-refractivity contribution in [1.29, 1.82) is 0 Å². The van der Waals surface area contributed by atoms with Crippen LogP contribution in [0.1, 0.15) is 52.1 Å². The van der Waals surface area contributed by atoms with Crippen molar-refractivity contribution in [2.45, 2.75) is 51.7 Å². The van der Waals surface area contributed by atoms with Crippen LogP contribution < -0.4 is 5.32 Å². The second-order valence-electron chi connectivity index (χ2n) is 7.33. The number of hydrogen-bond acceptors (Lipinski definition) is 5. The van der Waals surface area contributed by atoms with Crippen molar-refractivity contribution in [2.75, 3.05) is 0 Å². The van der Waals surface area contributed by atoms with Crippen molar-refractivity contribution in [3.63, 3.8) is 0 Å². The highest BCUT2D eigenvalue weighted by Crippen LogP contribution is 2.30. The van der Waals surface area contributed by atoms with Gasteiger partial charge in [0, 0.05) is 18.3 Å². The number of fused-ring (bicyclic) bond motifs is 1. The zero-order valence-corrected chi connectivity index (χ0v) is 16.3. The van der Waals surface area contributed by atoms with Crippen LogP contribution in [0.25, 0.3) is 10.2 Å². The summed E-state index contributed by atoms with van der Waals surface area (Å²) in [4.78, 5) is 21.8. The number of carbonyl (C=O) groups is 1. The summed E-state index contributed by atoms with van der Waals surface area (Å²) in [5, 5.41) is 15.0. The van der Waals surface area contributed by atoms with Gasteiger partial charge in [-0.3, -0.25) is 9.78 Å². The quantitative estimate of drug-likeness (QED) is 0.725. The molecule has 0 radical (unpaired) electrons. The molecule has 0 aliphatic heterocycles. The van der Waals surface area contributed by atoms with Crippen LogP contribution >= 0.6 is 11.3 Å². The standard InChI is InChI=1S/C21H23N3O2S/c1-12-11-27-20-15(8-14-7-6-13(2)22-10-14)9-17(23-19(12)20)21(26)24-16-4-3-5-18(16)25/h6-7,9-11,16,18,25H,3-5,8H2,1-2H3,(H,24,26)/t16-,18-/m1/s1. The fourth-order valence-corrected chi connectivity index (χ4v) is 4.62. The molecule has 4 rings (SSSR count). The summed E-state index contributed by atoms with van der Waals surface area (Å²) >= 11 is 1.66. The number of amides is 1. The van der Waals surface area contributed by atoms with Crippen LogP contribution in [0.5, 0.6) is 0 Å². The highest BCUT2D eigenvalue weighted by atomic mass is 32.1. The van der Waals surface area contributed by atoms with Gasteiger partial charge in [-0.2, -0.15) is 0 Å². The molecule has 1 saturated carbocycles. The van der Waals surface area contributed by atoms with E-state index in [1.807, 2.05) is 32.2 Å². The first-order chi connectivity index (χ1) is 13.0. The van der Waals surface area contributed by atoms with E-state index in [0.29, 0.717) is 12.1 Å². The van der Waals surface area contributed by atoms with Gasteiger partial charge in [0.2, 0.25) is 0 Å². The van der Waals surface area contributed by atoms with Crippen LogP contribution in [-0.4, -0.2) is 33.1 Å². The Morgan fingerprint density at radius 1 is 1.33 bits per heavy atom. The maximum atomic E-state index is 12.8. The number of thiophene rings is 1. The van der Waals surface area contributed by atoms with Gasteiger partial charge in [-0.1, -0.05) is 6.07 Å². The molecule has 5 nitrogen and oxygen atoms in total. The topological polar surface area (TPSA) is 75.1 Å². The molecule has 1 aliphatic rings. The second kappa shape index (κ2) is 7.37. The summed E-state index contributed by atoms with van der Waals surface area (Å²) in [6.45, 7) is 3.99. The van der Waals surface area contributed by atoms with Crippen molar-refractivity contribution in [2.24, 2.45) is 0 Å². The highest BCUT2D eigenvalue weighted by molar-refractivity contribution is 7.17. The minimum Gasteiger partial charge on any atom is -0.391 e. The second-order valence-corrected chi connectivity index (χ2v) is 8.21. The fourth-order valence-electron chi connectivity index (χ4n) is 3.61. The molecule has 0 unspecified atom stereocenters. The smallest absolute Gasteiger partial charge is 0.270 e. The normalized spacial score (nSPS) is 19.5. The molecule has 0 spiro atoms. The van der Waals surface area contributed by atoms with Gasteiger partial charge < -0.3 is 10.4 Å². The number of hydrogen-bond donors (Lipinski definition) is 2. The number of aryl methyl sites for hydroxylation is 2. The Morgan fingerprint density at radius 3 is 2.89 bits per heavy atom. The number of nitrogens with one attached hydrogen (secondary N) is 1. The molecule has 3 heterocycles. The maximum absolute atomic E-state index is 12.8. The molecule has 0 bridgehead atoms. The molecule has 3 aromatic heterocycles. The first-order valence-electron chi connectivity index (χ1n) is 9.29. The first kappa shape index (κ1) is 18.1. The third-order valence-corrected chi connectivity index (χ3v) is 6.34. The monoisotopic (exact) mass is 381 g/mol. The Hall–Kier alpha value is -2.31. The Balaban J connectivity index is 1.68. The van der Waals surface area contributed by atoms with Crippen LogP contribution in [0.4, 0.5) is 0 Å². The molecular weight excluding hydrogens is 358 g/mol. The number of rotatable bonds is 4. The zero-order valence-electron chi connectivity index (χ0n) is 15.5. The lowest BCUT2D eigenvalue weighted by Gasteiger charge is -2.16. The third-order valence-electron chi connectivity index (χ3n) is 5.17. The summed E-state index contributed by atoms with van der Waals surface area (Å²) < 4.78 is 1.12. The summed E-state index contributed by atoms with van der Waals surface area (Å²) in [5.41, 5.74) is 5.56. The Kier molecular flexibility index (Phi) is 4.93. The minimum absolute atomic E-state index is 0.177. The van der Waals surface area contributed by atoms with E-state index in [9.17, 15) is 9.90 Å². The number of nitrogens with zero attached hydrogens (tertiary/aromatic N) is 2. The fraction of sp³-hybridized carbons (Fsp3) is 0.381. The van der Waals surface area contributed by atoms with Crippen LogP contribution in [0.2, 0.25) is 0 Å². The Morgan fingerprint density at radius 2 is 2.19 bits per heavy atom. The van der Waals surface area contributed by atoms with Gasteiger partial charge in [-0.25, -0.2) is 4.98 Å². The molecule has 2 atom stereocenters. The Labute approximate surface area is 162 Å². The van der Waals surface area contributed by atoms with Crippen molar-refractivity contribution in [3.05, 3.63) is 57.9 Å². The molecular formula is C21H23N3O2S. The van der Waals surface area contributed by atoms with Crippen LogP contribution in [0.3, 0.4) is 0 Å². The van der Waals surface area contributed by atoms with Gasteiger partial charge in [0.05, 0.1) is 22.4 Å². The molecule has 2 N–H and O–H groups in total. The van der Waals surface area contributed by atoms with Crippen LogP contribution in [0, 0.1) is 13.8 Å².